The second-order valence-electron chi connectivity index (χ2n) is 5.77. The van der Waals surface area contributed by atoms with E-state index in [9.17, 15) is 9.59 Å². The maximum absolute atomic E-state index is 12.2. The molecule has 2 unspecified atom stereocenters. The molecule has 0 spiro atoms. The molecule has 2 fully saturated rings. The molecular formula is C14H19NO3. The van der Waals surface area contributed by atoms with Gasteiger partial charge in [-0.05, 0) is 43.4 Å². The van der Waals surface area contributed by atoms with E-state index in [2.05, 4.69) is 4.90 Å². The van der Waals surface area contributed by atoms with Crippen LogP contribution in [0.4, 0.5) is 0 Å². The van der Waals surface area contributed by atoms with Gasteiger partial charge in [0.1, 0.15) is 5.54 Å². The lowest BCUT2D eigenvalue weighted by Gasteiger charge is -2.44. The summed E-state index contributed by atoms with van der Waals surface area (Å²) in [5.41, 5.74) is 0.754. The van der Waals surface area contributed by atoms with Crippen LogP contribution in [0.1, 0.15) is 26.2 Å². The highest BCUT2D eigenvalue weighted by molar-refractivity contribution is 5.96. The van der Waals surface area contributed by atoms with Crippen LogP contribution in [-0.4, -0.2) is 42.4 Å². The molecule has 3 atom stereocenters. The summed E-state index contributed by atoms with van der Waals surface area (Å²) < 4.78 is 5.02. The second-order valence-corrected chi connectivity index (χ2v) is 5.77. The molecule has 0 amide bonds. The van der Waals surface area contributed by atoms with Crippen molar-refractivity contribution in [1.82, 2.24) is 4.90 Å². The Balaban J connectivity index is 1.95. The first-order valence-corrected chi connectivity index (χ1v) is 6.66. The fourth-order valence-electron chi connectivity index (χ4n) is 3.90. The van der Waals surface area contributed by atoms with Crippen molar-refractivity contribution in [2.24, 2.45) is 11.8 Å². The molecule has 98 valence electrons. The van der Waals surface area contributed by atoms with Crippen LogP contribution in [0.5, 0.6) is 0 Å². The van der Waals surface area contributed by atoms with Crippen LogP contribution in [0.3, 0.4) is 0 Å². The van der Waals surface area contributed by atoms with Crippen molar-refractivity contribution in [3.63, 3.8) is 0 Å². The predicted molar refractivity (Wildman–Crippen MR) is 65.9 cm³/mol. The largest absolute Gasteiger partial charge is 0.468 e. The van der Waals surface area contributed by atoms with Gasteiger partial charge in [0, 0.05) is 12.5 Å². The van der Waals surface area contributed by atoms with Gasteiger partial charge in [-0.15, -0.1) is 0 Å². The maximum Gasteiger partial charge on any atom is 0.326 e. The van der Waals surface area contributed by atoms with Crippen LogP contribution in [0, 0.1) is 11.8 Å². The topological polar surface area (TPSA) is 46.6 Å². The molecule has 0 aromatic rings. The number of ether oxygens (including phenoxy) is 1. The van der Waals surface area contributed by atoms with E-state index in [1.54, 1.807) is 6.08 Å². The Morgan fingerprint density at radius 1 is 1.56 bits per heavy atom. The molecule has 2 saturated heterocycles. The van der Waals surface area contributed by atoms with E-state index >= 15 is 0 Å². The van der Waals surface area contributed by atoms with Crippen LogP contribution in [0.15, 0.2) is 11.6 Å². The predicted octanol–water partition coefficient (Wildman–Crippen LogP) is 1.16. The highest BCUT2D eigenvalue weighted by atomic mass is 16.5. The summed E-state index contributed by atoms with van der Waals surface area (Å²) >= 11 is 0. The SMILES string of the molecule is COC(=O)[C@]12CCCN1CC1=CC(=O)C(C)C1C2. The number of nitrogens with zero attached hydrogens (tertiary/aromatic N) is 1. The Hall–Kier alpha value is -1.16. The summed E-state index contributed by atoms with van der Waals surface area (Å²) in [7, 11) is 1.46. The minimum absolute atomic E-state index is 0.0317. The molecule has 0 aromatic heterocycles. The van der Waals surface area contributed by atoms with Crippen LogP contribution in [0.25, 0.3) is 0 Å². The quantitative estimate of drug-likeness (QED) is 0.654. The van der Waals surface area contributed by atoms with Crippen LogP contribution in [0.2, 0.25) is 0 Å². The molecule has 0 radical (unpaired) electrons. The highest BCUT2D eigenvalue weighted by Gasteiger charge is 2.55. The number of esters is 1. The van der Waals surface area contributed by atoms with E-state index in [4.69, 9.17) is 4.74 Å². The van der Waals surface area contributed by atoms with Crippen LogP contribution >= 0.6 is 0 Å². The van der Waals surface area contributed by atoms with Crippen molar-refractivity contribution in [2.45, 2.75) is 31.7 Å². The number of methoxy groups -OCH3 is 1. The van der Waals surface area contributed by atoms with Gasteiger partial charge in [-0.2, -0.15) is 0 Å². The fraction of sp³-hybridized carbons (Fsp3) is 0.714. The van der Waals surface area contributed by atoms with Crippen LogP contribution < -0.4 is 0 Å². The molecule has 0 N–H and O–H groups in total. The number of allylic oxidation sites excluding steroid dienone is 1. The van der Waals surface area contributed by atoms with E-state index in [0.29, 0.717) is 0 Å². The zero-order valence-corrected chi connectivity index (χ0v) is 10.9. The molecule has 0 saturated carbocycles. The Morgan fingerprint density at radius 2 is 2.33 bits per heavy atom. The number of piperidine rings is 1. The van der Waals surface area contributed by atoms with E-state index in [-0.39, 0.29) is 23.6 Å². The summed E-state index contributed by atoms with van der Waals surface area (Å²) in [6.45, 7) is 3.67. The van der Waals surface area contributed by atoms with Gasteiger partial charge in [0.25, 0.3) is 0 Å². The lowest BCUT2D eigenvalue weighted by molar-refractivity contribution is -0.156. The number of fused-ring (bicyclic) bond motifs is 2. The number of hydrogen-bond donors (Lipinski definition) is 0. The van der Waals surface area contributed by atoms with E-state index < -0.39 is 5.54 Å². The molecular weight excluding hydrogens is 230 g/mol. The highest BCUT2D eigenvalue weighted by Crippen LogP contribution is 2.47. The monoisotopic (exact) mass is 249 g/mol. The molecule has 3 aliphatic rings. The number of ketones is 1. The van der Waals surface area contributed by atoms with Gasteiger partial charge >= 0.3 is 5.97 Å². The normalized spacial score (nSPS) is 39.2. The Morgan fingerprint density at radius 3 is 3.06 bits per heavy atom. The minimum atomic E-state index is -0.463. The average molecular weight is 249 g/mol. The lowest BCUT2D eigenvalue weighted by Crippen LogP contribution is -2.56. The van der Waals surface area contributed by atoms with Crippen molar-refractivity contribution in [2.75, 3.05) is 20.2 Å². The van der Waals surface area contributed by atoms with Crippen LogP contribution in [-0.2, 0) is 14.3 Å². The van der Waals surface area contributed by atoms with Gasteiger partial charge in [0.05, 0.1) is 7.11 Å². The smallest absolute Gasteiger partial charge is 0.326 e. The van der Waals surface area contributed by atoms with E-state index in [1.165, 1.54) is 12.7 Å². The number of rotatable bonds is 1. The third-order valence-corrected chi connectivity index (χ3v) is 4.98. The van der Waals surface area contributed by atoms with E-state index in [0.717, 1.165) is 32.4 Å². The number of carbonyl (C=O) groups is 2. The fourth-order valence-corrected chi connectivity index (χ4v) is 3.90. The van der Waals surface area contributed by atoms with Crippen molar-refractivity contribution in [3.05, 3.63) is 11.6 Å². The Labute approximate surface area is 107 Å². The van der Waals surface area contributed by atoms with Gasteiger partial charge in [-0.1, -0.05) is 6.92 Å². The molecule has 18 heavy (non-hydrogen) atoms. The van der Waals surface area contributed by atoms with Crippen molar-refractivity contribution >= 4 is 11.8 Å². The molecule has 4 nitrogen and oxygen atoms in total. The average Bonchev–Trinajstić information content (AvgIpc) is 2.89. The lowest BCUT2D eigenvalue weighted by atomic mass is 9.75. The van der Waals surface area contributed by atoms with Crippen molar-refractivity contribution in [3.8, 4) is 0 Å². The minimum Gasteiger partial charge on any atom is -0.468 e. The zero-order valence-electron chi connectivity index (χ0n) is 10.9. The first kappa shape index (κ1) is 11.9. The number of hydrogen-bond acceptors (Lipinski definition) is 4. The van der Waals surface area contributed by atoms with Gasteiger partial charge in [-0.25, -0.2) is 0 Å². The van der Waals surface area contributed by atoms with Crippen molar-refractivity contribution in [1.29, 1.82) is 0 Å². The molecule has 0 aromatic carbocycles. The first-order valence-electron chi connectivity index (χ1n) is 6.66. The van der Waals surface area contributed by atoms with Gasteiger partial charge in [0.2, 0.25) is 0 Å². The molecule has 4 heteroatoms. The van der Waals surface area contributed by atoms with Gasteiger partial charge < -0.3 is 4.74 Å². The maximum atomic E-state index is 12.2. The van der Waals surface area contributed by atoms with E-state index in [1.807, 2.05) is 6.92 Å². The molecule has 3 rings (SSSR count). The Bertz CT molecular complexity index is 442. The zero-order chi connectivity index (χ0) is 12.9. The summed E-state index contributed by atoms with van der Waals surface area (Å²) in [4.78, 5) is 26.2. The molecule has 2 heterocycles. The summed E-state index contributed by atoms with van der Waals surface area (Å²) in [5, 5.41) is 0. The second kappa shape index (κ2) is 3.92. The third-order valence-electron chi connectivity index (χ3n) is 4.98. The molecule has 1 aliphatic carbocycles. The molecule has 2 aliphatic heterocycles. The number of carbonyl (C=O) groups excluding carboxylic acids is 2. The summed E-state index contributed by atoms with van der Waals surface area (Å²) in [6.07, 6.45) is 4.45. The summed E-state index contributed by atoms with van der Waals surface area (Å²) in [6, 6.07) is 0. The summed E-state index contributed by atoms with van der Waals surface area (Å²) in [5.74, 6) is 0.372. The third kappa shape index (κ3) is 1.41. The Kier molecular flexibility index (Phi) is 2.59. The molecule has 0 bridgehead atoms. The van der Waals surface area contributed by atoms with Crippen molar-refractivity contribution < 1.29 is 14.3 Å². The van der Waals surface area contributed by atoms with Gasteiger partial charge in [0.15, 0.2) is 5.78 Å². The van der Waals surface area contributed by atoms with Gasteiger partial charge in [-0.3, -0.25) is 14.5 Å². The standard InChI is InChI=1S/C14H19NO3/c1-9-11-7-14(13(17)18-2)4-3-5-15(14)8-10(11)6-12(9)16/h6,9,11H,3-5,7-8H2,1-2H3/t9?,11?,14-/m1/s1. The first-order chi connectivity index (χ1) is 8.58.